The zero-order valence-electron chi connectivity index (χ0n) is 13.8. The number of halogens is 2. The highest BCUT2D eigenvalue weighted by molar-refractivity contribution is 5.95. The predicted octanol–water partition coefficient (Wildman–Crippen LogP) is 1.26. The van der Waals surface area contributed by atoms with Crippen LogP contribution in [-0.4, -0.2) is 58.0 Å². The van der Waals surface area contributed by atoms with Crippen molar-refractivity contribution in [2.24, 2.45) is 0 Å². The highest BCUT2D eigenvalue weighted by atomic mass is 19.1. The number of amides is 2. The first kappa shape index (κ1) is 17.4. The molecule has 0 aromatic heterocycles. The Kier molecular flexibility index (Phi) is 5.03. The SMILES string of the molecule is CNC(=O)[C@H]1CN(c2cc(F)c(N3CCCOCC3)c(F)c2)C(=O)O1. The second-order valence-corrected chi connectivity index (χ2v) is 5.81. The molecule has 2 fully saturated rings. The number of anilines is 2. The summed E-state index contributed by atoms with van der Waals surface area (Å²) < 4.78 is 39.3. The van der Waals surface area contributed by atoms with Gasteiger partial charge in [0.25, 0.3) is 5.91 Å². The number of ether oxygens (including phenoxy) is 2. The second kappa shape index (κ2) is 7.22. The molecule has 0 radical (unpaired) electrons. The minimum Gasteiger partial charge on any atom is -0.434 e. The zero-order valence-corrected chi connectivity index (χ0v) is 13.8. The van der Waals surface area contributed by atoms with Crippen molar-refractivity contribution in [3.05, 3.63) is 23.8 Å². The first-order valence-electron chi connectivity index (χ1n) is 8.02. The topological polar surface area (TPSA) is 71.1 Å². The van der Waals surface area contributed by atoms with Crippen LogP contribution in [0.1, 0.15) is 6.42 Å². The van der Waals surface area contributed by atoms with E-state index in [4.69, 9.17) is 9.47 Å². The summed E-state index contributed by atoms with van der Waals surface area (Å²) in [7, 11) is 1.41. The molecule has 3 rings (SSSR count). The Balaban J connectivity index is 1.84. The van der Waals surface area contributed by atoms with E-state index < -0.39 is 29.7 Å². The van der Waals surface area contributed by atoms with Crippen molar-refractivity contribution in [3.63, 3.8) is 0 Å². The molecule has 2 saturated heterocycles. The summed E-state index contributed by atoms with van der Waals surface area (Å²) >= 11 is 0. The molecule has 0 spiro atoms. The summed E-state index contributed by atoms with van der Waals surface area (Å²) in [6.07, 6.45) is -1.15. The molecule has 136 valence electrons. The summed E-state index contributed by atoms with van der Waals surface area (Å²) in [4.78, 5) is 26.1. The Bertz CT molecular complexity index is 654. The molecular formula is C16H19F2N3O4. The number of hydrogen-bond donors (Lipinski definition) is 1. The molecule has 9 heteroatoms. The third kappa shape index (κ3) is 3.51. The van der Waals surface area contributed by atoms with Gasteiger partial charge in [-0.25, -0.2) is 13.6 Å². The fourth-order valence-corrected chi connectivity index (χ4v) is 2.95. The van der Waals surface area contributed by atoms with Crippen LogP contribution in [0.5, 0.6) is 0 Å². The number of cyclic esters (lactones) is 1. The largest absolute Gasteiger partial charge is 0.434 e. The van der Waals surface area contributed by atoms with Crippen LogP contribution in [0.25, 0.3) is 0 Å². The molecule has 2 heterocycles. The minimum absolute atomic E-state index is 0.0150. The number of carbonyl (C=O) groups excluding carboxylic acids is 2. The van der Waals surface area contributed by atoms with Gasteiger partial charge in [-0.2, -0.15) is 0 Å². The molecule has 1 aromatic carbocycles. The maximum absolute atomic E-state index is 14.5. The molecule has 1 N–H and O–H groups in total. The number of carbonyl (C=O) groups is 2. The molecule has 2 aliphatic heterocycles. The van der Waals surface area contributed by atoms with Gasteiger partial charge >= 0.3 is 6.09 Å². The first-order valence-corrected chi connectivity index (χ1v) is 8.02. The van der Waals surface area contributed by atoms with Crippen LogP contribution in [0.15, 0.2) is 12.1 Å². The molecule has 25 heavy (non-hydrogen) atoms. The Hall–Kier alpha value is -2.42. The van der Waals surface area contributed by atoms with Gasteiger partial charge in [-0.05, 0) is 6.42 Å². The first-order chi connectivity index (χ1) is 12.0. The van der Waals surface area contributed by atoms with E-state index in [0.29, 0.717) is 32.7 Å². The average Bonchev–Trinajstić information content (AvgIpc) is 2.79. The van der Waals surface area contributed by atoms with E-state index in [1.54, 1.807) is 4.90 Å². The zero-order chi connectivity index (χ0) is 18.0. The van der Waals surface area contributed by atoms with Gasteiger partial charge in [0.15, 0.2) is 17.7 Å². The van der Waals surface area contributed by atoms with Gasteiger partial charge in [-0.3, -0.25) is 9.69 Å². The third-order valence-corrected chi connectivity index (χ3v) is 4.20. The van der Waals surface area contributed by atoms with Crippen molar-refractivity contribution < 1.29 is 27.8 Å². The second-order valence-electron chi connectivity index (χ2n) is 5.81. The van der Waals surface area contributed by atoms with Gasteiger partial charge in [-0.1, -0.05) is 0 Å². The Morgan fingerprint density at radius 3 is 2.64 bits per heavy atom. The van der Waals surface area contributed by atoms with Crippen LogP contribution in [-0.2, 0) is 14.3 Å². The van der Waals surface area contributed by atoms with Crippen molar-refractivity contribution in [2.45, 2.75) is 12.5 Å². The molecule has 0 unspecified atom stereocenters. The van der Waals surface area contributed by atoms with Gasteiger partial charge < -0.3 is 19.7 Å². The van der Waals surface area contributed by atoms with Crippen LogP contribution in [0.4, 0.5) is 25.0 Å². The number of hydrogen-bond acceptors (Lipinski definition) is 5. The lowest BCUT2D eigenvalue weighted by Crippen LogP contribution is -2.35. The maximum Gasteiger partial charge on any atom is 0.415 e. The number of benzene rings is 1. The van der Waals surface area contributed by atoms with E-state index in [0.717, 1.165) is 17.0 Å². The lowest BCUT2D eigenvalue weighted by Gasteiger charge is -2.24. The van der Waals surface area contributed by atoms with Crippen molar-refractivity contribution in [3.8, 4) is 0 Å². The Morgan fingerprint density at radius 1 is 1.24 bits per heavy atom. The van der Waals surface area contributed by atoms with Gasteiger partial charge in [0.2, 0.25) is 0 Å². The number of nitrogens with zero attached hydrogens (tertiary/aromatic N) is 2. The smallest absolute Gasteiger partial charge is 0.415 e. The van der Waals surface area contributed by atoms with Gasteiger partial charge in [0.1, 0.15) is 5.69 Å². The number of rotatable bonds is 3. The summed E-state index contributed by atoms with van der Waals surface area (Å²) in [6, 6.07) is 2.16. The summed E-state index contributed by atoms with van der Waals surface area (Å²) in [5.74, 6) is -2.01. The minimum atomic E-state index is -1.01. The fraction of sp³-hybridized carbons (Fsp3) is 0.500. The van der Waals surface area contributed by atoms with E-state index in [1.165, 1.54) is 7.05 Å². The Labute approximate surface area is 143 Å². The summed E-state index contributed by atoms with van der Waals surface area (Å²) in [6.45, 7) is 1.72. The van der Waals surface area contributed by atoms with Crippen molar-refractivity contribution >= 4 is 23.4 Å². The van der Waals surface area contributed by atoms with Crippen LogP contribution in [0, 0.1) is 11.6 Å². The van der Waals surface area contributed by atoms with E-state index in [1.807, 2.05) is 0 Å². The molecule has 0 saturated carbocycles. The van der Waals surface area contributed by atoms with Crippen LogP contribution in [0.3, 0.4) is 0 Å². The third-order valence-electron chi connectivity index (χ3n) is 4.20. The fourth-order valence-electron chi connectivity index (χ4n) is 2.95. The molecular weight excluding hydrogens is 336 g/mol. The van der Waals surface area contributed by atoms with Gasteiger partial charge in [0.05, 0.1) is 18.8 Å². The van der Waals surface area contributed by atoms with Crippen molar-refractivity contribution in [1.29, 1.82) is 0 Å². The Morgan fingerprint density at radius 2 is 1.96 bits per heavy atom. The lowest BCUT2D eigenvalue weighted by molar-refractivity contribution is -0.127. The summed E-state index contributed by atoms with van der Waals surface area (Å²) in [5, 5.41) is 2.37. The molecule has 1 aromatic rings. The molecule has 7 nitrogen and oxygen atoms in total. The highest BCUT2D eigenvalue weighted by Crippen LogP contribution is 2.31. The summed E-state index contributed by atoms with van der Waals surface area (Å²) in [5.41, 5.74) is -0.120. The van der Waals surface area contributed by atoms with Crippen molar-refractivity contribution in [2.75, 3.05) is 49.7 Å². The van der Waals surface area contributed by atoms with E-state index in [9.17, 15) is 18.4 Å². The van der Waals surface area contributed by atoms with E-state index >= 15 is 0 Å². The van der Waals surface area contributed by atoms with Crippen LogP contribution < -0.4 is 15.1 Å². The monoisotopic (exact) mass is 355 g/mol. The van der Waals surface area contributed by atoms with Crippen LogP contribution >= 0.6 is 0 Å². The van der Waals surface area contributed by atoms with Crippen LogP contribution in [0.2, 0.25) is 0 Å². The standard InChI is InChI=1S/C16H19F2N3O4/c1-19-15(22)13-9-21(16(23)25-13)10-7-11(17)14(12(18)8-10)20-3-2-5-24-6-4-20/h7-8,13H,2-6,9H2,1H3,(H,19,22)/t13-/m1/s1. The van der Waals surface area contributed by atoms with Gasteiger partial charge in [-0.15, -0.1) is 0 Å². The van der Waals surface area contributed by atoms with E-state index in [2.05, 4.69) is 5.32 Å². The number of likely N-dealkylation sites (N-methyl/N-ethyl adjacent to an activating group) is 1. The average molecular weight is 355 g/mol. The molecule has 2 aliphatic rings. The molecule has 0 bridgehead atoms. The predicted molar refractivity (Wildman–Crippen MR) is 85.7 cm³/mol. The van der Waals surface area contributed by atoms with E-state index in [-0.39, 0.29) is 17.9 Å². The highest BCUT2D eigenvalue weighted by Gasteiger charge is 2.37. The molecule has 1 atom stereocenters. The van der Waals surface area contributed by atoms with Gasteiger partial charge in [0, 0.05) is 38.9 Å². The maximum atomic E-state index is 14.5. The number of nitrogens with one attached hydrogen (secondary N) is 1. The van der Waals surface area contributed by atoms with Crippen molar-refractivity contribution in [1.82, 2.24) is 5.32 Å². The molecule has 0 aliphatic carbocycles. The normalized spacial score (nSPS) is 21.1. The lowest BCUT2D eigenvalue weighted by atomic mass is 10.2. The molecule has 2 amide bonds. The quantitative estimate of drug-likeness (QED) is 0.884.